The molecule has 0 spiro atoms. The van der Waals surface area contributed by atoms with Crippen molar-refractivity contribution in [3.8, 4) is 0 Å². The molecular formula is C16H31N3O2. The molecule has 5 nitrogen and oxygen atoms in total. The van der Waals surface area contributed by atoms with Gasteiger partial charge in [-0.2, -0.15) is 0 Å². The van der Waals surface area contributed by atoms with Crippen LogP contribution in [0.3, 0.4) is 0 Å². The topological polar surface area (TPSA) is 53.6 Å². The molecule has 2 heterocycles. The molecular weight excluding hydrogens is 266 g/mol. The Kier molecular flexibility index (Phi) is 6.93. The van der Waals surface area contributed by atoms with Gasteiger partial charge in [-0.25, -0.2) is 0 Å². The van der Waals surface area contributed by atoms with Gasteiger partial charge in [0.2, 0.25) is 5.91 Å². The normalized spacial score (nSPS) is 25.9. The van der Waals surface area contributed by atoms with Gasteiger partial charge in [-0.3, -0.25) is 9.69 Å². The summed E-state index contributed by atoms with van der Waals surface area (Å²) >= 11 is 0. The zero-order valence-electron chi connectivity index (χ0n) is 13.6. The molecule has 0 bridgehead atoms. The minimum absolute atomic E-state index is 0.129. The lowest BCUT2D eigenvalue weighted by molar-refractivity contribution is -0.122. The lowest BCUT2D eigenvalue weighted by Crippen LogP contribution is -2.45. The van der Waals surface area contributed by atoms with Crippen LogP contribution < -0.4 is 10.6 Å². The molecule has 5 heteroatoms. The third kappa shape index (κ3) is 6.32. The molecule has 0 aliphatic carbocycles. The third-order valence-corrected chi connectivity index (χ3v) is 4.18. The van der Waals surface area contributed by atoms with Crippen molar-refractivity contribution in [3.05, 3.63) is 0 Å². The maximum absolute atomic E-state index is 12.1. The fourth-order valence-electron chi connectivity index (χ4n) is 3.24. The first kappa shape index (κ1) is 16.7. The van der Waals surface area contributed by atoms with Gasteiger partial charge in [-0.05, 0) is 38.1 Å². The Balaban J connectivity index is 1.71. The van der Waals surface area contributed by atoms with E-state index < -0.39 is 0 Å². The fourth-order valence-corrected chi connectivity index (χ4v) is 3.24. The fraction of sp³-hybridized carbons (Fsp3) is 0.938. The van der Waals surface area contributed by atoms with Crippen molar-refractivity contribution in [1.82, 2.24) is 15.5 Å². The van der Waals surface area contributed by atoms with E-state index in [1.165, 1.54) is 12.8 Å². The molecule has 2 atom stereocenters. The van der Waals surface area contributed by atoms with E-state index in [1.54, 1.807) is 0 Å². The summed E-state index contributed by atoms with van der Waals surface area (Å²) in [6.45, 7) is 9.49. The van der Waals surface area contributed by atoms with Crippen molar-refractivity contribution < 1.29 is 9.53 Å². The Morgan fingerprint density at radius 2 is 2.24 bits per heavy atom. The lowest BCUT2D eigenvalue weighted by Gasteiger charge is -2.27. The molecule has 2 N–H and O–H groups in total. The average Bonchev–Trinajstić information content (AvgIpc) is 3.08. The molecule has 0 aromatic carbocycles. The lowest BCUT2D eigenvalue weighted by atomic mass is 10.1. The number of carbonyl (C=O) groups excluding carboxylic acids is 1. The second-order valence-electron chi connectivity index (χ2n) is 6.82. The standard InChI is InChI=1S/C16H31N3O2/c1-13(2)10-19(11-14-5-3-7-17-14)12-16(20)18-9-15-6-4-8-21-15/h13-15,17H,3-12H2,1-2H3,(H,18,20). The smallest absolute Gasteiger partial charge is 0.234 e. The van der Waals surface area contributed by atoms with Crippen molar-refractivity contribution in [2.45, 2.75) is 51.7 Å². The van der Waals surface area contributed by atoms with E-state index in [0.717, 1.165) is 39.1 Å². The average molecular weight is 297 g/mol. The molecule has 0 aromatic rings. The van der Waals surface area contributed by atoms with Crippen molar-refractivity contribution in [3.63, 3.8) is 0 Å². The Labute approximate surface area is 128 Å². The third-order valence-electron chi connectivity index (χ3n) is 4.18. The van der Waals surface area contributed by atoms with Crippen LogP contribution in [0.5, 0.6) is 0 Å². The van der Waals surface area contributed by atoms with E-state index >= 15 is 0 Å². The quantitative estimate of drug-likeness (QED) is 0.701. The maximum Gasteiger partial charge on any atom is 0.234 e. The minimum Gasteiger partial charge on any atom is -0.376 e. The molecule has 0 radical (unpaired) electrons. The highest BCUT2D eigenvalue weighted by Crippen LogP contribution is 2.11. The summed E-state index contributed by atoms with van der Waals surface area (Å²) in [5, 5.41) is 6.54. The second kappa shape index (κ2) is 8.71. The summed E-state index contributed by atoms with van der Waals surface area (Å²) in [5.41, 5.74) is 0. The van der Waals surface area contributed by atoms with Crippen molar-refractivity contribution in [1.29, 1.82) is 0 Å². The van der Waals surface area contributed by atoms with Gasteiger partial charge >= 0.3 is 0 Å². The first-order chi connectivity index (χ1) is 10.1. The first-order valence-electron chi connectivity index (χ1n) is 8.47. The number of amides is 1. The Morgan fingerprint density at radius 1 is 1.38 bits per heavy atom. The highest BCUT2D eigenvalue weighted by Gasteiger charge is 2.21. The van der Waals surface area contributed by atoms with E-state index in [4.69, 9.17) is 4.74 Å². The molecule has 0 aromatic heterocycles. The van der Waals surface area contributed by atoms with E-state index in [9.17, 15) is 4.79 Å². The maximum atomic E-state index is 12.1. The van der Waals surface area contributed by atoms with Gasteiger partial charge < -0.3 is 15.4 Å². The van der Waals surface area contributed by atoms with Gasteiger partial charge in [-0.15, -0.1) is 0 Å². The first-order valence-corrected chi connectivity index (χ1v) is 8.47. The number of ether oxygens (including phenoxy) is 1. The predicted molar refractivity (Wildman–Crippen MR) is 84.3 cm³/mol. The number of rotatable bonds is 8. The molecule has 122 valence electrons. The predicted octanol–water partition coefficient (Wildman–Crippen LogP) is 0.992. The second-order valence-corrected chi connectivity index (χ2v) is 6.82. The van der Waals surface area contributed by atoms with Gasteiger partial charge in [0.15, 0.2) is 0 Å². The number of hydrogen-bond donors (Lipinski definition) is 2. The summed E-state index contributed by atoms with van der Waals surface area (Å²) in [7, 11) is 0. The summed E-state index contributed by atoms with van der Waals surface area (Å²) in [6, 6.07) is 0.551. The molecule has 2 rings (SSSR count). The Bertz CT molecular complexity index is 311. The van der Waals surface area contributed by atoms with Crippen molar-refractivity contribution in [2.24, 2.45) is 5.92 Å². The van der Waals surface area contributed by atoms with Crippen LogP contribution in [0.2, 0.25) is 0 Å². The number of hydrogen-bond acceptors (Lipinski definition) is 4. The van der Waals surface area contributed by atoms with Gasteiger partial charge in [0.25, 0.3) is 0 Å². The van der Waals surface area contributed by atoms with Gasteiger partial charge in [0, 0.05) is 32.3 Å². The highest BCUT2D eigenvalue weighted by molar-refractivity contribution is 5.78. The van der Waals surface area contributed by atoms with Crippen LogP contribution in [0.1, 0.15) is 39.5 Å². The number of nitrogens with zero attached hydrogens (tertiary/aromatic N) is 1. The van der Waals surface area contributed by atoms with E-state index in [1.807, 2.05) is 0 Å². The highest BCUT2D eigenvalue weighted by atomic mass is 16.5. The van der Waals surface area contributed by atoms with Crippen LogP contribution in [-0.2, 0) is 9.53 Å². The number of nitrogens with one attached hydrogen (secondary N) is 2. The van der Waals surface area contributed by atoms with E-state index in [2.05, 4.69) is 29.4 Å². The Morgan fingerprint density at radius 3 is 2.86 bits per heavy atom. The minimum atomic E-state index is 0.129. The molecule has 2 saturated heterocycles. The van der Waals surface area contributed by atoms with Crippen molar-refractivity contribution >= 4 is 5.91 Å². The molecule has 2 fully saturated rings. The zero-order chi connectivity index (χ0) is 15.1. The van der Waals surface area contributed by atoms with Crippen LogP contribution >= 0.6 is 0 Å². The van der Waals surface area contributed by atoms with Gasteiger partial charge in [0.05, 0.1) is 12.6 Å². The molecule has 1 amide bonds. The summed E-state index contributed by atoms with van der Waals surface area (Å²) < 4.78 is 5.54. The van der Waals surface area contributed by atoms with Gasteiger partial charge in [0.1, 0.15) is 0 Å². The summed E-state index contributed by atoms with van der Waals surface area (Å²) in [5.74, 6) is 0.710. The van der Waals surface area contributed by atoms with Crippen LogP contribution in [0, 0.1) is 5.92 Å². The van der Waals surface area contributed by atoms with Gasteiger partial charge in [-0.1, -0.05) is 13.8 Å². The Hall–Kier alpha value is -0.650. The molecule has 2 aliphatic rings. The van der Waals surface area contributed by atoms with E-state index in [0.29, 0.717) is 25.0 Å². The summed E-state index contributed by atoms with van der Waals surface area (Å²) in [4.78, 5) is 14.4. The number of carbonyl (C=O) groups is 1. The van der Waals surface area contributed by atoms with Crippen LogP contribution in [-0.4, -0.2) is 62.3 Å². The van der Waals surface area contributed by atoms with Crippen LogP contribution in [0.4, 0.5) is 0 Å². The molecule has 0 saturated carbocycles. The molecule has 21 heavy (non-hydrogen) atoms. The summed E-state index contributed by atoms with van der Waals surface area (Å²) in [6.07, 6.45) is 4.90. The molecule has 2 unspecified atom stereocenters. The van der Waals surface area contributed by atoms with E-state index in [-0.39, 0.29) is 12.0 Å². The zero-order valence-corrected chi connectivity index (χ0v) is 13.6. The van der Waals surface area contributed by atoms with Crippen molar-refractivity contribution in [2.75, 3.05) is 39.3 Å². The van der Waals surface area contributed by atoms with Crippen LogP contribution in [0.15, 0.2) is 0 Å². The molecule has 2 aliphatic heterocycles. The monoisotopic (exact) mass is 297 g/mol. The SMILES string of the molecule is CC(C)CN(CC(=O)NCC1CCCO1)CC1CCCN1. The largest absolute Gasteiger partial charge is 0.376 e. The van der Waals surface area contributed by atoms with Crippen LogP contribution in [0.25, 0.3) is 0 Å².